The Bertz CT molecular complexity index is 933. The summed E-state index contributed by atoms with van der Waals surface area (Å²) in [5.74, 6) is -0.304. The van der Waals surface area contributed by atoms with Gasteiger partial charge in [0.05, 0.1) is 5.03 Å². The summed E-state index contributed by atoms with van der Waals surface area (Å²) in [6.07, 6.45) is 0. The molecule has 0 amide bonds. The number of benzene rings is 2. The normalized spacial score (nSPS) is 10.7. The summed E-state index contributed by atoms with van der Waals surface area (Å²) in [5, 5.41) is 9.45. The zero-order chi connectivity index (χ0) is 16.4. The van der Waals surface area contributed by atoms with E-state index in [0.29, 0.717) is 5.03 Å². The van der Waals surface area contributed by atoms with Gasteiger partial charge < -0.3 is 5.21 Å². The highest BCUT2D eigenvalue weighted by Crippen LogP contribution is 2.29. The van der Waals surface area contributed by atoms with Gasteiger partial charge in [0.15, 0.2) is 0 Å². The van der Waals surface area contributed by atoms with Crippen LogP contribution in [0.4, 0.5) is 4.39 Å². The largest absolute Gasteiger partial charge is 0.421 e. The third-order valence-electron chi connectivity index (χ3n) is 3.13. The number of nitrogens with one attached hydrogen (secondary N) is 1. The number of aromatic nitrogens is 2. The van der Waals surface area contributed by atoms with Crippen LogP contribution in [0.3, 0.4) is 0 Å². The van der Waals surface area contributed by atoms with Crippen molar-refractivity contribution in [3.8, 4) is 11.1 Å². The Kier molecular flexibility index (Phi) is 4.03. The monoisotopic (exact) mass is 330 g/mol. The second-order valence-electron chi connectivity index (χ2n) is 4.73. The SMILES string of the molecule is O=c1cc(Sc2cccc(-c3ccc(F)cc3)c2)[nH]c(=O)n1O. The van der Waals surface area contributed by atoms with E-state index in [1.54, 1.807) is 12.1 Å². The first-order valence-electron chi connectivity index (χ1n) is 6.62. The second kappa shape index (κ2) is 6.13. The third kappa shape index (κ3) is 3.35. The van der Waals surface area contributed by atoms with Crippen LogP contribution in [0.1, 0.15) is 0 Å². The van der Waals surface area contributed by atoms with Crippen LogP contribution in [0.2, 0.25) is 0 Å². The minimum absolute atomic E-state index is 0.0129. The molecule has 2 N–H and O–H groups in total. The molecule has 0 bridgehead atoms. The molecule has 0 atom stereocenters. The molecule has 5 nitrogen and oxygen atoms in total. The van der Waals surface area contributed by atoms with Crippen molar-refractivity contribution in [1.29, 1.82) is 0 Å². The fourth-order valence-electron chi connectivity index (χ4n) is 2.03. The van der Waals surface area contributed by atoms with Gasteiger partial charge in [-0.05, 0) is 35.4 Å². The van der Waals surface area contributed by atoms with Gasteiger partial charge in [-0.1, -0.05) is 40.8 Å². The van der Waals surface area contributed by atoms with Crippen molar-refractivity contribution in [3.63, 3.8) is 0 Å². The Morgan fingerprint density at radius 3 is 2.43 bits per heavy atom. The van der Waals surface area contributed by atoms with Crippen LogP contribution in [0.25, 0.3) is 11.1 Å². The molecule has 1 heterocycles. The number of hydrogen-bond acceptors (Lipinski definition) is 4. The van der Waals surface area contributed by atoms with Gasteiger partial charge in [0, 0.05) is 11.0 Å². The minimum atomic E-state index is -0.894. The van der Waals surface area contributed by atoms with Gasteiger partial charge in [0.25, 0.3) is 5.56 Å². The Morgan fingerprint density at radius 1 is 1.00 bits per heavy atom. The molecular formula is C16H11FN2O3S. The highest BCUT2D eigenvalue weighted by molar-refractivity contribution is 7.99. The predicted octanol–water partition coefficient (Wildman–Crippen LogP) is 2.73. The van der Waals surface area contributed by atoms with Gasteiger partial charge in [-0.25, -0.2) is 9.18 Å². The Hall–Kier alpha value is -2.80. The Morgan fingerprint density at radius 2 is 1.74 bits per heavy atom. The van der Waals surface area contributed by atoms with Crippen molar-refractivity contribution in [2.75, 3.05) is 0 Å². The lowest BCUT2D eigenvalue weighted by atomic mass is 10.1. The van der Waals surface area contributed by atoms with E-state index in [0.717, 1.165) is 22.1 Å². The summed E-state index contributed by atoms with van der Waals surface area (Å²) >= 11 is 1.18. The van der Waals surface area contributed by atoms with E-state index >= 15 is 0 Å². The van der Waals surface area contributed by atoms with E-state index in [-0.39, 0.29) is 10.5 Å². The lowest BCUT2D eigenvalue weighted by Crippen LogP contribution is -2.32. The quantitative estimate of drug-likeness (QED) is 0.572. The van der Waals surface area contributed by atoms with Crippen LogP contribution in [0, 0.1) is 5.82 Å². The smallest absolute Gasteiger partial charge is 0.362 e. The number of hydrogen-bond donors (Lipinski definition) is 2. The molecule has 1 aromatic heterocycles. The number of H-pyrrole nitrogens is 1. The highest BCUT2D eigenvalue weighted by atomic mass is 32.2. The van der Waals surface area contributed by atoms with Crippen molar-refractivity contribution in [2.45, 2.75) is 9.92 Å². The summed E-state index contributed by atoms with van der Waals surface area (Å²) in [7, 11) is 0. The second-order valence-corrected chi connectivity index (χ2v) is 5.84. The van der Waals surface area contributed by atoms with E-state index in [1.165, 1.54) is 23.9 Å². The molecule has 0 aliphatic carbocycles. The molecule has 0 radical (unpaired) electrons. The molecule has 0 aliphatic heterocycles. The topological polar surface area (TPSA) is 75.1 Å². The summed E-state index contributed by atoms with van der Waals surface area (Å²) in [6, 6.07) is 14.6. The molecule has 116 valence electrons. The van der Waals surface area contributed by atoms with E-state index in [4.69, 9.17) is 5.21 Å². The van der Waals surface area contributed by atoms with Crippen LogP contribution in [-0.4, -0.2) is 14.9 Å². The Balaban J connectivity index is 1.93. The first kappa shape index (κ1) is 15.1. The lowest BCUT2D eigenvalue weighted by molar-refractivity contribution is 0.159. The maximum absolute atomic E-state index is 13.0. The first-order valence-corrected chi connectivity index (χ1v) is 7.44. The van der Waals surface area contributed by atoms with Crippen molar-refractivity contribution < 1.29 is 9.60 Å². The zero-order valence-corrected chi connectivity index (χ0v) is 12.5. The molecule has 3 aromatic rings. The van der Waals surface area contributed by atoms with E-state index in [9.17, 15) is 14.0 Å². The van der Waals surface area contributed by atoms with Crippen molar-refractivity contribution in [2.24, 2.45) is 0 Å². The maximum atomic E-state index is 13.0. The lowest BCUT2D eigenvalue weighted by Gasteiger charge is -2.06. The summed E-state index contributed by atoms with van der Waals surface area (Å²) in [5.41, 5.74) is 0.0431. The fourth-order valence-corrected chi connectivity index (χ4v) is 2.92. The zero-order valence-electron chi connectivity index (χ0n) is 11.7. The van der Waals surface area contributed by atoms with Crippen LogP contribution >= 0.6 is 11.8 Å². The van der Waals surface area contributed by atoms with E-state index < -0.39 is 11.2 Å². The Labute approximate surface area is 134 Å². The maximum Gasteiger partial charge on any atom is 0.362 e. The summed E-state index contributed by atoms with van der Waals surface area (Å²) < 4.78 is 13.0. The molecule has 3 rings (SSSR count). The van der Waals surface area contributed by atoms with Gasteiger partial charge in [-0.2, -0.15) is 0 Å². The van der Waals surface area contributed by atoms with E-state index in [2.05, 4.69) is 4.98 Å². The summed E-state index contributed by atoms with van der Waals surface area (Å²) in [6.45, 7) is 0. The van der Waals surface area contributed by atoms with Crippen LogP contribution < -0.4 is 11.2 Å². The minimum Gasteiger partial charge on any atom is -0.421 e. The summed E-state index contributed by atoms with van der Waals surface area (Å²) in [4.78, 5) is 26.0. The van der Waals surface area contributed by atoms with Crippen LogP contribution in [-0.2, 0) is 0 Å². The molecule has 0 aliphatic rings. The molecule has 23 heavy (non-hydrogen) atoms. The van der Waals surface area contributed by atoms with Crippen LogP contribution in [0.5, 0.6) is 0 Å². The molecule has 7 heteroatoms. The molecule has 0 saturated heterocycles. The molecule has 0 unspecified atom stereocenters. The van der Waals surface area contributed by atoms with Crippen LogP contribution in [0.15, 0.2) is 74.1 Å². The third-order valence-corrected chi connectivity index (χ3v) is 4.05. The average molecular weight is 330 g/mol. The van der Waals surface area contributed by atoms with Crippen molar-refractivity contribution in [3.05, 3.63) is 81.3 Å². The molecular weight excluding hydrogens is 319 g/mol. The highest BCUT2D eigenvalue weighted by Gasteiger charge is 2.06. The van der Waals surface area contributed by atoms with E-state index in [1.807, 2.05) is 24.3 Å². The van der Waals surface area contributed by atoms with Gasteiger partial charge in [0.1, 0.15) is 5.82 Å². The number of rotatable bonds is 3. The van der Waals surface area contributed by atoms with Gasteiger partial charge in [-0.3, -0.25) is 9.78 Å². The van der Waals surface area contributed by atoms with Gasteiger partial charge >= 0.3 is 5.69 Å². The molecule has 2 aromatic carbocycles. The molecule has 0 spiro atoms. The fraction of sp³-hybridized carbons (Fsp3) is 0. The van der Waals surface area contributed by atoms with Gasteiger partial charge in [-0.15, -0.1) is 0 Å². The first-order chi connectivity index (χ1) is 11.0. The van der Waals surface area contributed by atoms with Crippen molar-refractivity contribution in [1.82, 2.24) is 9.71 Å². The average Bonchev–Trinajstić information content (AvgIpc) is 2.53. The van der Waals surface area contributed by atoms with Gasteiger partial charge in [0.2, 0.25) is 0 Å². The standard InChI is InChI=1S/C16H11FN2O3S/c17-12-6-4-10(5-7-12)11-2-1-3-13(8-11)23-14-9-15(20)19(22)16(21)18-14/h1-9,22H,(H,18,21). The number of nitrogens with zero attached hydrogens (tertiary/aromatic N) is 1. The number of aromatic amines is 1. The number of halogens is 1. The predicted molar refractivity (Wildman–Crippen MR) is 84.5 cm³/mol. The molecule has 0 fully saturated rings. The van der Waals surface area contributed by atoms with Crippen molar-refractivity contribution >= 4 is 11.8 Å². The molecule has 0 saturated carbocycles.